The number of nitrogens with one attached hydrogen (secondary N) is 1. The van der Waals surface area contributed by atoms with Crippen LogP contribution in [0.15, 0.2) is 18.5 Å². The lowest BCUT2D eigenvalue weighted by Crippen LogP contribution is -2.51. The fraction of sp³-hybridized carbons (Fsp3) is 0.462. The van der Waals surface area contributed by atoms with Crippen molar-refractivity contribution in [2.24, 2.45) is 0 Å². The number of anilines is 1. The van der Waals surface area contributed by atoms with Crippen LogP contribution in [0.25, 0.3) is 0 Å². The van der Waals surface area contributed by atoms with Gasteiger partial charge in [-0.05, 0) is 18.6 Å². The molecule has 0 aliphatic carbocycles. The second-order valence-electron chi connectivity index (χ2n) is 4.64. The minimum absolute atomic E-state index is 0.126. The largest absolute Gasteiger partial charge is 0.481 e. The van der Waals surface area contributed by atoms with Crippen molar-refractivity contribution in [3.8, 4) is 0 Å². The van der Waals surface area contributed by atoms with Gasteiger partial charge < -0.3 is 20.1 Å². The normalized spacial score (nSPS) is 18.6. The fourth-order valence-corrected chi connectivity index (χ4v) is 2.07. The van der Waals surface area contributed by atoms with Crippen LogP contribution in [0.4, 0.5) is 10.5 Å². The zero-order chi connectivity index (χ0) is 14.5. The molecule has 0 spiro atoms. The zero-order valence-electron chi connectivity index (χ0n) is 11.2. The molecular formula is C13H17N3O4. The Kier molecular flexibility index (Phi) is 4.52. The number of hydrogen-bond donors (Lipinski definition) is 2. The van der Waals surface area contributed by atoms with E-state index in [1.807, 2.05) is 6.92 Å². The van der Waals surface area contributed by atoms with Crippen LogP contribution in [0.3, 0.4) is 0 Å². The highest BCUT2D eigenvalue weighted by atomic mass is 16.5. The maximum Gasteiger partial charge on any atom is 0.322 e. The molecule has 1 aliphatic rings. The van der Waals surface area contributed by atoms with E-state index in [1.165, 1.54) is 4.90 Å². The van der Waals surface area contributed by atoms with Crippen molar-refractivity contribution in [1.29, 1.82) is 0 Å². The SMILES string of the molecule is Cc1ccncc1NC(=O)N1CCOCC1CC(=O)O. The number of carboxylic acids is 1. The average Bonchev–Trinajstić information content (AvgIpc) is 2.41. The lowest BCUT2D eigenvalue weighted by molar-refractivity contribution is -0.139. The number of carbonyl (C=O) groups excluding carboxylic acids is 1. The third-order valence-corrected chi connectivity index (χ3v) is 3.18. The molecule has 2 rings (SSSR count). The highest BCUT2D eigenvalue weighted by Crippen LogP contribution is 2.16. The number of carboxylic acid groups (broad SMARTS) is 1. The summed E-state index contributed by atoms with van der Waals surface area (Å²) in [5.41, 5.74) is 1.52. The summed E-state index contributed by atoms with van der Waals surface area (Å²) in [5.74, 6) is -0.948. The molecule has 7 nitrogen and oxygen atoms in total. The summed E-state index contributed by atoms with van der Waals surface area (Å²) in [7, 11) is 0. The van der Waals surface area contributed by atoms with Crippen molar-refractivity contribution in [2.45, 2.75) is 19.4 Å². The minimum atomic E-state index is -0.948. The second-order valence-corrected chi connectivity index (χ2v) is 4.64. The van der Waals surface area contributed by atoms with Crippen molar-refractivity contribution in [3.05, 3.63) is 24.0 Å². The topological polar surface area (TPSA) is 91.8 Å². The Morgan fingerprint density at radius 2 is 2.40 bits per heavy atom. The van der Waals surface area contributed by atoms with Crippen LogP contribution < -0.4 is 5.32 Å². The molecule has 1 aromatic rings. The number of morpholine rings is 1. The molecule has 1 unspecified atom stereocenters. The number of hydrogen-bond acceptors (Lipinski definition) is 4. The van der Waals surface area contributed by atoms with Crippen molar-refractivity contribution in [2.75, 3.05) is 25.1 Å². The Bertz CT molecular complexity index is 506. The molecule has 2 N–H and O–H groups in total. The van der Waals surface area contributed by atoms with Gasteiger partial charge in [0, 0.05) is 12.7 Å². The van der Waals surface area contributed by atoms with Crippen LogP contribution in [0, 0.1) is 6.92 Å². The lowest BCUT2D eigenvalue weighted by atomic mass is 10.1. The number of urea groups is 1. The maximum absolute atomic E-state index is 12.3. The van der Waals surface area contributed by atoms with Gasteiger partial charge >= 0.3 is 12.0 Å². The van der Waals surface area contributed by atoms with Crippen LogP contribution in [0.5, 0.6) is 0 Å². The number of rotatable bonds is 3. The van der Waals surface area contributed by atoms with Gasteiger partial charge in [-0.25, -0.2) is 4.79 Å². The van der Waals surface area contributed by atoms with Crippen molar-refractivity contribution in [3.63, 3.8) is 0 Å². The first-order valence-electron chi connectivity index (χ1n) is 6.35. The molecule has 108 valence electrons. The Balaban J connectivity index is 2.06. The highest BCUT2D eigenvalue weighted by molar-refractivity contribution is 5.90. The summed E-state index contributed by atoms with van der Waals surface area (Å²) in [5, 5.41) is 11.6. The molecule has 0 saturated carbocycles. The number of nitrogens with zero attached hydrogens (tertiary/aromatic N) is 2. The Morgan fingerprint density at radius 1 is 1.60 bits per heavy atom. The van der Waals surface area contributed by atoms with Crippen molar-refractivity contribution >= 4 is 17.7 Å². The van der Waals surface area contributed by atoms with Gasteiger partial charge in [-0.2, -0.15) is 0 Å². The number of pyridine rings is 1. The molecule has 2 heterocycles. The third kappa shape index (κ3) is 3.45. The van der Waals surface area contributed by atoms with E-state index in [4.69, 9.17) is 9.84 Å². The summed E-state index contributed by atoms with van der Waals surface area (Å²) in [6.07, 6.45) is 3.09. The van der Waals surface area contributed by atoms with Gasteiger partial charge in [0.15, 0.2) is 0 Å². The van der Waals surface area contributed by atoms with Gasteiger partial charge in [0.1, 0.15) is 0 Å². The van der Waals surface area contributed by atoms with Crippen LogP contribution >= 0.6 is 0 Å². The number of carbonyl (C=O) groups is 2. The Labute approximate surface area is 116 Å². The van der Waals surface area contributed by atoms with E-state index in [0.29, 0.717) is 18.8 Å². The molecule has 7 heteroatoms. The van der Waals surface area contributed by atoms with Gasteiger partial charge in [-0.1, -0.05) is 0 Å². The quantitative estimate of drug-likeness (QED) is 0.864. The molecule has 1 aliphatic heterocycles. The molecule has 1 atom stereocenters. The molecule has 1 fully saturated rings. The molecule has 1 saturated heterocycles. The minimum Gasteiger partial charge on any atom is -0.481 e. The van der Waals surface area contributed by atoms with E-state index >= 15 is 0 Å². The molecule has 20 heavy (non-hydrogen) atoms. The van der Waals surface area contributed by atoms with E-state index in [0.717, 1.165) is 5.56 Å². The van der Waals surface area contributed by atoms with Crippen LogP contribution in [-0.2, 0) is 9.53 Å². The van der Waals surface area contributed by atoms with Crippen LogP contribution in [0.2, 0.25) is 0 Å². The van der Waals surface area contributed by atoms with Gasteiger partial charge in [0.05, 0.1) is 37.6 Å². The smallest absolute Gasteiger partial charge is 0.322 e. The standard InChI is InChI=1S/C13H17N3O4/c1-9-2-3-14-7-11(9)15-13(19)16-4-5-20-8-10(16)6-12(17)18/h2-3,7,10H,4-6,8H2,1H3,(H,15,19)(H,17,18). The Hall–Kier alpha value is -2.15. The van der Waals surface area contributed by atoms with Gasteiger partial charge in [0.2, 0.25) is 0 Å². The summed E-state index contributed by atoms with van der Waals surface area (Å²) >= 11 is 0. The monoisotopic (exact) mass is 279 g/mol. The number of aliphatic carboxylic acids is 1. The van der Waals surface area contributed by atoms with Crippen molar-refractivity contribution < 1.29 is 19.4 Å². The van der Waals surface area contributed by atoms with E-state index < -0.39 is 12.0 Å². The highest BCUT2D eigenvalue weighted by Gasteiger charge is 2.29. The number of aryl methyl sites for hydroxylation is 1. The predicted octanol–water partition coefficient (Wildman–Crippen LogP) is 1.10. The third-order valence-electron chi connectivity index (χ3n) is 3.18. The van der Waals surface area contributed by atoms with E-state index in [-0.39, 0.29) is 19.1 Å². The first kappa shape index (κ1) is 14.3. The Morgan fingerprint density at radius 3 is 3.10 bits per heavy atom. The molecule has 0 aromatic carbocycles. The van der Waals surface area contributed by atoms with E-state index in [9.17, 15) is 9.59 Å². The molecular weight excluding hydrogens is 262 g/mol. The fourth-order valence-electron chi connectivity index (χ4n) is 2.07. The average molecular weight is 279 g/mol. The number of amides is 2. The first-order valence-corrected chi connectivity index (χ1v) is 6.35. The molecule has 2 amide bonds. The van der Waals surface area contributed by atoms with Gasteiger partial charge in [0.25, 0.3) is 0 Å². The summed E-state index contributed by atoms with van der Waals surface area (Å²) in [6, 6.07) is 1.03. The summed E-state index contributed by atoms with van der Waals surface area (Å²) in [4.78, 5) is 28.5. The summed E-state index contributed by atoms with van der Waals surface area (Å²) in [6.45, 7) is 2.90. The first-order chi connectivity index (χ1) is 9.58. The molecule has 0 bridgehead atoms. The second kappa shape index (κ2) is 6.33. The number of aromatic nitrogens is 1. The number of ether oxygens (including phenoxy) is 1. The van der Waals surface area contributed by atoms with Crippen LogP contribution in [-0.4, -0.2) is 52.8 Å². The van der Waals surface area contributed by atoms with Gasteiger partial charge in [-0.15, -0.1) is 0 Å². The predicted molar refractivity (Wildman–Crippen MR) is 71.6 cm³/mol. The van der Waals surface area contributed by atoms with E-state index in [2.05, 4.69) is 10.3 Å². The molecule has 0 radical (unpaired) electrons. The summed E-state index contributed by atoms with van der Waals surface area (Å²) < 4.78 is 5.24. The zero-order valence-corrected chi connectivity index (χ0v) is 11.2. The van der Waals surface area contributed by atoms with Gasteiger partial charge in [-0.3, -0.25) is 9.78 Å². The van der Waals surface area contributed by atoms with Crippen molar-refractivity contribution in [1.82, 2.24) is 9.88 Å². The maximum atomic E-state index is 12.3. The van der Waals surface area contributed by atoms with E-state index in [1.54, 1.807) is 18.5 Å². The molecule has 1 aromatic heterocycles. The van der Waals surface area contributed by atoms with Crippen LogP contribution in [0.1, 0.15) is 12.0 Å². The lowest BCUT2D eigenvalue weighted by Gasteiger charge is -2.34.